The maximum atomic E-state index is 12.7. The first-order valence-corrected chi connectivity index (χ1v) is 9.26. The number of hydrogen-bond donors (Lipinski definition) is 1. The minimum absolute atomic E-state index is 0.159. The number of thiophene rings is 1. The Bertz CT molecular complexity index is 977. The van der Waals surface area contributed by atoms with E-state index in [1.807, 2.05) is 11.4 Å². The molecule has 0 bridgehead atoms. The first-order chi connectivity index (χ1) is 12.4. The Labute approximate surface area is 155 Å². The Morgan fingerprint density at radius 3 is 2.92 bits per heavy atom. The van der Waals surface area contributed by atoms with Crippen molar-refractivity contribution in [2.75, 3.05) is 13.7 Å². The van der Waals surface area contributed by atoms with Gasteiger partial charge in [-0.05, 0) is 35.6 Å². The molecule has 3 rings (SSSR count). The molecule has 0 aliphatic heterocycles. The minimum atomic E-state index is -0.176. The van der Waals surface area contributed by atoms with E-state index in [1.54, 1.807) is 31.3 Å². The zero-order valence-corrected chi connectivity index (χ0v) is 15.8. The van der Waals surface area contributed by atoms with Gasteiger partial charge in [0.15, 0.2) is 0 Å². The SMILES string of the molecule is CC(C)COc1cccc(C(=O)N(C)Cc2nc3ccsc3c(=O)[nH]2)c1. The minimum Gasteiger partial charge on any atom is -0.493 e. The molecule has 0 spiro atoms. The zero-order valence-electron chi connectivity index (χ0n) is 15.0. The first-order valence-electron chi connectivity index (χ1n) is 8.39. The van der Waals surface area contributed by atoms with E-state index in [0.29, 0.717) is 39.9 Å². The third-order valence-corrected chi connectivity index (χ3v) is 4.66. The van der Waals surface area contributed by atoms with Gasteiger partial charge in [-0.3, -0.25) is 9.59 Å². The van der Waals surface area contributed by atoms with Gasteiger partial charge in [0.25, 0.3) is 11.5 Å². The number of nitrogens with zero attached hydrogens (tertiary/aromatic N) is 2. The van der Waals surface area contributed by atoms with Gasteiger partial charge in [-0.15, -0.1) is 11.3 Å². The molecule has 6 nitrogen and oxygen atoms in total. The fourth-order valence-electron chi connectivity index (χ4n) is 2.50. The number of ether oxygens (including phenoxy) is 1. The summed E-state index contributed by atoms with van der Waals surface area (Å²) in [6, 6.07) is 8.92. The monoisotopic (exact) mass is 371 g/mol. The number of nitrogens with one attached hydrogen (secondary N) is 1. The second-order valence-electron chi connectivity index (χ2n) is 6.54. The molecule has 1 aromatic carbocycles. The predicted octanol–water partition coefficient (Wildman–Crippen LogP) is 3.29. The number of benzene rings is 1. The van der Waals surface area contributed by atoms with E-state index in [0.717, 1.165) is 0 Å². The van der Waals surface area contributed by atoms with E-state index in [9.17, 15) is 9.59 Å². The Morgan fingerprint density at radius 1 is 1.35 bits per heavy atom. The van der Waals surface area contributed by atoms with E-state index in [-0.39, 0.29) is 18.0 Å². The van der Waals surface area contributed by atoms with Crippen molar-refractivity contribution in [1.82, 2.24) is 14.9 Å². The van der Waals surface area contributed by atoms with Gasteiger partial charge in [-0.25, -0.2) is 4.98 Å². The van der Waals surface area contributed by atoms with Crippen molar-refractivity contribution in [3.63, 3.8) is 0 Å². The quantitative estimate of drug-likeness (QED) is 0.721. The molecule has 2 aromatic heterocycles. The van der Waals surface area contributed by atoms with Crippen molar-refractivity contribution < 1.29 is 9.53 Å². The molecule has 0 atom stereocenters. The van der Waals surface area contributed by atoms with Crippen molar-refractivity contribution in [3.8, 4) is 5.75 Å². The van der Waals surface area contributed by atoms with Gasteiger partial charge in [0.2, 0.25) is 0 Å². The largest absolute Gasteiger partial charge is 0.493 e. The number of aromatic nitrogens is 2. The number of hydrogen-bond acceptors (Lipinski definition) is 5. The topological polar surface area (TPSA) is 75.3 Å². The molecule has 0 saturated heterocycles. The average molecular weight is 371 g/mol. The highest BCUT2D eigenvalue weighted by Gasteiger charge is 2.15. The van der Waals surface area contributed by atoms with E-state index in [1.165, 1.54) is 16.2 Å². The van der Waals surface area contributed by atoms with Crippen LogP contribution in [0.25, 0.3) is 10.2 Å². The summed E-state index contributed by atoms with van der Waals surface area (Å²) in [5.74, 6) is 1.38. The van der Waals surface area contributed by atoms with Crippen molar-refractivity contribution in [2.24, 2.45) is 5.92 Å². The third kappa shape index (κ3) is 4.11. The molecule has 3 aromatic rings. The molecule has 26 heavy (non-hydrogen) atoms. The summed E-state index contributed by atoms with van der Waals surface area (Å²) in [6.07, 6.45) is 0. The van der Waals surface area contributed by atoms with Gasteiger partial charge in [0.1, 0.15) is 16.3 Å². The number of carbonyl (C=O) groups excluding carboxylic acids is 1. The van der Waals surface area contributed by atoms with Crippen LogP contribution in [0.4, 0.5) is 0 Å². The molecule has 1 amide bonds. The lowest BCUT2D eigenvalue weighted by Gasteiger charge is -2.17. The van der Waals surface area contributed by atoms with Crippen LogP contribution in [0.1, 0.15) is 30.0 Å². The Kier molecular flexibility index (Phi) is 5.37. The smallest absolute Gasteiger partial charge is 0.268 e. The van der Waals surface area contributed by atoms with Crippen molar-refractivity contribution in [2.45, 2.75) is 20.4 Å². The van der Waals surface area contributed by atoms with Crippen LogP contribution in [-0.2, 0) is 6.54 Å². The Hall–Kier alpha value is -2.67. The fraction of sp³-hybridized carbons (Fsp3) is 0.316. The molecule has 0 unspecified atom stereocenters. The maximum absolute atomic E-state index is 12.7. The highest BCUT2D eigenvalue weighted by Crippen LogP contribution is 2.17. The Morgan fingerprint density at radius 2 is 2.15 bits per heavy atom. The van der Waals surface area contributed by atoms with E-state index < -0.39 is 0 Å². The highest BCUT2D eigenvalue weighted by atomic mass is 32.1. The van der Waals surface area contributed by atoms with Crippen LogP contribution in [0.3, 0.4) is 0 Å². The summed E-state index contributed by atoms with van der Waals surface area (Å²) in [6.45, 7) is 4.96. The number of H-pyrrole nitrogens is 1. The lowest BCUT2D eigenvalue weighted by atomic mass is 10.2. The highest BCUT2D eigenvalue weighted by molar-refractivity contribution is 7.17. The van der Waals surface area contributed by atoms with Gasteiger partial charge in [0, 0.05) is 12.6 Å². The van der Waals surface area contributed by atoms with Crippen LogP contribution in [0.5, 0.6) is 5.75 Å². The molecule has 2 heterocycles. The molecule has 0 radical (unpaired) electrons. The second kappa shape index (κ2) is 7.70. The van der Waals surface area contributed by atoms with Crippen LogP contribution in [0.15, 0.2) is 40.5 Å². The fourth-order valence-corrected chi connectivity index (χ4v) is 3.22. The van der Waals surface area contributed by atoms with Gasteiger partial charge >= 0.3 is 0 Å². The number of fused-ring (bicyclic) bond motifs is 1. The summed E-state index contributed by atoms with van der Waals surface area (Å²) >= 11 is 1.35. The molecule has 0 aliphatic rings. The summed E-state index contributed by atoms with van der Waals surface area (Å²) in [7, 11) is 1.68. The van der Waals surface area contributed by atoms with Gasteiger partial charge in [-0.2, -0.15) is 0 Å². The average Bonchev–Trinajstić information content (AvgIpc) is 3.08. The molecule has 7 heteroatoms. The summed E-state index contributed by atoms with van der Waals surface area (Å²) < 4.78 is 6.28. The van der Waals surface area contributed by atoms with Gasteiger partial charge in [0.05, 0.1) is 18.7 Å². The summed E-state index contributed by atoms with van der Waals surface area (Å²) in [5, 5.41) is 1.83. The third-order valence-electron chi connectivity index (χ3n) is 3.76. The maximum Gasteiger partial charge on any atom is 0.268 e. The van der Waals surface area contributed by atoms with Crippen LogP contribution in [0.2, 0.25) is 0 Å². The molecular formula is C19H21N3O3S. The van der Waals surface area contributed by atoms with Gasteiger partial charge in [-0.1, -0.05) is 19.9 Å². The van der Waals surface area contributed by atoms with Gasteiger partial charge < -0.3 is 14.6 Å². The zero-order chi connectivity index (χ0) is 18.7. The van der Waals surface area contributed by atoms with Crippen LogP contribution in [0, 0.1) is 5.92 Å². The number of rotatable bonds is 6. The lowest BCUT2D eigenvalue weighted by Crippen LogP contribution is -2.28. The molecule has 136 valence electrons. The predicted molar refractivity (Wildman–Crippen MR) is 103 cm³/mol. The molecule has 1 N–H and O–H groups in total. The Balaban J connectivity index is 1.74. The number of amides is 1. The van der Waals surface area contributed by atoms with E-state index in [4.69, 9.17) is 4.74 Å². The second-order valence-corrected chi connectivity index (χ2v) is 7.46. The summed E-state index contributed by atoms with van der Waals surface area (Å²) in [5.41, 5.74) is 1.01. The molecule has 0 saturated carbocycles. The van der Waals surface area contributed by atoms with Crippen molar-refractivity contribution in [3.05, 3.63) is 57.5 Å². The molecule has 0 fully saturated rings. The number of carbonyl (C=O) groups is 1. The van der Waals surface area contributed by atoms with E-state index >= 15 is 0 Å². The summed E-state index contributed by atoms with van der Waals surface area (Å²) in [4.78, 5) is 33.4. The first kappa shape index (κ1) is 18.1. The number of aromatic amines is 1. The molecular weight excluding hydrogens is 350 g/mol. The van der Waals surface area contributed by atoms with Crippen LogP contribution in [-0.4, -0.2) is 34.4 Å². The van der Waals surface area contributed by atoms with Crippen LogP contribution < -0.4 is 10.3 Å². The van der Waals surface area contributed by atoms with E-state index in [2.05, 4.69) is 23.8 Å². The normalized spacial score (nSPS) is 11.1. The molecule has 0 aliphatic carbocycles. The van der Waals surface area contributed by atoms with Crippen molar-refractivity contribution >= 4 is 27.5 Å². The van der Waals surface area contributed by atoms with Crippen LogP contribution >= 0.6 is 11.3 Å². The standard InChI is InChI=1S/C19H21N3O3S/c1-12(2)11-25-14-6-4-5-13(9-14)19(24)22(3)10-16-20-15-7-8-26-17(15)18(23)21-16/h4-9,12H,10-11H2,1-3H3,(H,20,21,23). The van der Waals surface area contributed by atoms with Crippen molar-refractivity contribution in [1.29, 1.82) is 0 Å². The lowest BCUT2D eigenvalue weighted by molar-refractivity contribution is 0.0781.